The summed E-state index contributed by atoms with van der Waals surface area (Å²) in [6.07, 6.45) is 5.30. The van der Waals surface area contributed by atoms with E-state index in [0.717, 1.165) is 5.56 Å². The Kier molecular flexibility index (Phi) is 3.62. The molecule has 0 heterocycles. The second-order valence-electron chi connectivity index (χ2n) is 4.24. The fraction of sp³-hybridized carbons (Fsp3) is 0.308. The molecule has 0 spiro atoms. The lowest BCUT2D eigenvalue weighted by molar-refractivity contribution is 0.0930. The van der Waals surface area contributed by atoms with Gasteiger partial charge in [0.25, 0.3) is 5.91 Å². The van der Waals surface area contributed by atoms with E-state index in [4.69, 9.17) is 18.0 Å². The molecule has 1 rings (SSSR count). The normalized spacial score (nSPS) is 10.7. The molecular weight excluding hydrogens is 222 g/mol. The summed E-state index contributed by atoms with van der Waals surface area (Å²) in [7, 11) is 0. The minimum Gasteiger partial charge on any atom is -0.336 e. The van der Waals surface area contributed by atoms with Crippen molar-refractivity contribution in [1.82, 2.24) is 5.32 Å². The van der Waals surface area contributed by atoms with Crippen LogP contribution in [0.3, 0.4) is 0 Å². The molecule has 0 unspecified atom stereocenters. The lowest BCUT2D eigenvalue weighted by Gasteiger charge is -2.19. The minimum absolute atomic E-state index is 0.214. The molecule has 1 aromatic rings. The fourth-order valence-corrected chi connectivity index (χ4v) is 1.55. The maximum Gasteiger partial charge on any atom is 0.252 e. The number of halogens is 1. The molecule has 16 heavy (non-hydrogen) atoms. The van der Waals surface area contributed by atoms with Gasteiger partial charge in [0.1, 0.15) is 0 Å². The van der Waals surface area contributed by atoms with Gasteiger partial charge in [-0.05, 0) is 44.5 Å². The van der Waals surface area contributed by atoms with E-state index in [1.54, 1.807) is 32.0 Å². The van der Waals surface area contributed by atoms with Gasteiger partial charge < -0.3 is 5.32 Å². The third-order valence-electron chi connectivity index (χ3n) is 2.09. The summed E-state index contributed by atoms with van der Waals surface area (Å²) < 4.78 is 0. The molecule has 0 fully saturated rings. The molecule has 0 radical (unpaired) electrons. The van der Waals surface area contributed by atoms with Crippen molar-refractivity contribution in [2.24, 2.45) is 0 Å². The van der Waals surface area contributed by atoms with Gasteiger partial charge in [-0.1, -0.05) is 17.5 Å². The molecule has 3 heteroatoms. The highest BCUT2D eigenvalue weighted by Crippen LogP contribution is 2.15. The van der Waals surface area contributed by atoms with Gasteiger partial charge in [-0.15, -0.1) is 6.42 Å². The fourth-order valence-electron chi connectivity index (χ4n) is 1.26. The number of nitrogens with one attached hydrogen (secondary N) is 1. The van der Waals surface area contributed by atoms with Crippen LogP contribution in [0.5, 0.6) is 0 Å². The SMILES string of the molecule is C#CC(C)(C)NC(=O)c1cc(C)cc(Cl)c1. The number of benzene rings is 1. The van der Waals surface area contributed by atoms with Crippen LogP contribution in [0.1, 0.15) is 29.8 Å². The highest BCUT2D eigenvalue weighted by molar-refractivity contribution is 6.31. The number of aryl methyl sites for hydroxylation is 1. The largest absolute Gasteiger partial charge is 0.336 e. The minimum atomic E-state index is -0.659. The Morgan fingerprint density at radius 2 is 2.06 bits per heavy atom. The van der Waals surface area contributed by atoms with Crippen LogP contribution in [0.15, 0.2) is 18.2 Å². The van der Waals surface area contributed by atoms with Gasteiger partial charge in [-0.25, -0.2) is 0 Å². The summed E-state index contributed by atoms with van der Waals surface area (Å²) >= 11 is 5.88. The van der Waals surface area contributed by atoms with Gasteiger partial charge in [0.15, 0.2) is 0 Å². The average molecular weight is 236 g/mol. The van der Waals surface area contributed by atoms with E-state index in [9.17, 15) is 4.79 Å². The second-order valence-corrected chi connectivity index (χ2v) is 4.68. The first-order chi connectivity index (χ1) is 7.34. The quantitative estimate of drug-likeness (QED) is 0.785. The Morgan fingerprint density at radius 3 is 2.56 bits per heavy atom. The average Bonchev–Trinajstić information content (AvgIpc) is 2.15. The second kappa shape index (κ2) is 4.59. The summed E-state index contributed by atoms with van der Waals surface area (Å²) in [5.41, 5.74) is 0.803. The van der Waals surface area contributed by atoms with Gasteiger partial charge in [0.05, 0.1) is 5.54 Å². The molecule has 0 saturated carbocycles. The van der Waals surface area contributed by atoms with Gasteiger partial charge in [0, 0.05) is 10.6 Å². The molecule has 0 saturated heterocycles. The summed E-state index contributed by atoms with van der Waals surface area (Å²) in [6, 6.07) is 5.19. The van der Waals surface area contributed by atoms with E-state index in [1.165, 1.54) is 0 Å². The summed E-state index contributed by atoms with van der Waals surface area (Å²) in [4.78, 5) is 11.9. The zero-order chi connectivity index (χ0) is 12.3. The Bertz CT molecular complexity index is 437. The monoisotopic (exact) mass is 235 g/mol. The molecule has 0 aliphatic carbocycles. The van der Waals surface area contributed by atoms with Crippen molar-refractivity contribution < 1.29 is 4.79 Å². The number of amides is 1. The summed E-state index contributed by atoms with van der Waals surface area (Å²) in [5.74, 6) is 2.29. The molecule has 0 aliphatic rings. The first kappa shape index (κ1) is 12.6. The zero-order valence-corrected chi connectivity index (χ0v) is 10.4. The molecule has 1 N–H and O–H groups in total. The van der Waals surface area contributed by atoms with Gasteiger partial charge >= 0.3 is 0 Å². The predicted molar refractivity (Wildman–Crippen MR) is 66.6 cm³/mol. The number of carbonyl (C=O) groups excluding carboxylic acids is 1. The van der Waals surface area contributed by atoms with Crippen LogP contribution in [0.25, 0.3) is 0 Å². The van der Waals surface area contributed by atoms with Gasteiger partial charge in [-0.2, -0.15) is 0 Å². The Hall–Kier alpha value is -1.46. The van der Waals surface area contributed by atoms with Crippen molar-refractivity contribution in [3.8, 4) is 12.3 Å². The standard InChI is InChI=1S/C13H14ClNO/c1-5-13(3,4)15-12(16)10-6-9(2)7-11(14)8-10/h1,6-8H,2-4H3,(H,15,16). The van der Waals surface area contributed by atoms with E-state index < -0.39 is 5.54 Å². The Morgan fingerprint density at radius 1 is 1.44 bits per heavy atom. The number of terminal acetylenes is 1. The maximum atomic E-state index is 11.9. The van der Waals surface area contributed by atoms with Gasteiger partial charge in [-0.3, -0.25) is 4.79 Å². The lowest BCUT2D eigenvalue weighted by Crippen LogP contribution is -2.42. The lowest BCUT2D eigenvalue weighted by atomic mass is 10.1. The molecule has 1 aromatic carbocycles. The van der Waals surface area contributed by atoms with E-state index in [1.807, 2.05) is 6.92 Å². The van der Waals surface area contributed by atoms with E-state index in [0.29, 0.717) is 10.6 Å². The first-order valence-electron chi connectivity index (χ1n) is 4.91. The van der Waals surface area contributed by atoms with Crippen LogP contribution >= 0.6 is 11.6 Å². The predicted octanol–water partition coefficient (Wildman–Crippen LogP) is 2.79. The molecular formula is C13H14ClNO. The third kappa shape index (κ3) is 3.29. The van der Waals surface area contributed by atoms with Gasteiger partial charge in [0.2, 0.25) is 0 Å². The smallest absolute Gasteiger partial charge is 0.252 e. The van der Waals surface area contributed by atoms with Crippen molar-refractivity contribution in [3.63, 3.8) is 0 Å². The van der Waals surface area contributed by atoms with Crippen LogP contribution < -0.4 is 5.32 Å². The van der Waals surface area contributed by atoms with Crippen molar-refractivity contribution in [1.29, 1.82) is 0 Å². The van der Waals surface area contributed by atoms with E-state index in [-0.39, 0.29) is 5.91 Å². The summed E-state index contributed by atoms with van der Waals surface area (Å²) in [6.45, 7) is 5.42. The summed E-state index contributed by atoms with van der Waals surface area (Å²) in [5, 5.41) is 3.29. The molecule has 1 amide bonds. The molecule has 0 atom stereocenters. The Balaban J connectivity index is 2.94. The molecule has 0 bridgehead atoms. The molecule has 84 valence electrons. The third-order valence-corrected chi connectivity index (χ3v) is 2.31. The van der Waals surface area contributed by atoms with Crippen molar-refractivity contribution in [2.75, 3.05) is 0 Å². The van der Waals surface area contributed by atoms with Crippen LogP contribution in [0.4, 0.5) is 0 Å². The van der Waals surface area contributed by atoms with Crippen molar-refractivity contribution in [3.05, 3.63) is 34.3 Å². The number of hydrogen-bond acceptors (Lipinski definition) is 1. The van der Waals surface area contributed by atoms with Crippen LogP contribution in [0, 0.1) is 19.3 Å². The molecule has 0 aliphatic heterocycles. The van der Waals surface area contributed by atoms with E-state index in [2.05, 4.69) is 11.2 Å². The maximum absolute atomic E-state index is 11.9. The zero-order valence-electron chi connectivity index (χ0n) is 9.60. The van der Waals surface area contributed by atoms with Crippen LogP contribution in [-0.4, -0.2) is 11.4 Å². The Labute approximate surface area is 101 Å². The number of hydrogen-bond donors (Lipinski definition) is 1. The topological polar surface area (TPSA) is 29.1 Å². The van der Waals surface area contributed by atoms with Crippen LogP contribution in [0.2, 0.25) is 5.02 Å². The molecule has 0 aromatic heterocycles. The van der Waals surface area contributed by atoms with Crippen molar-refractivity contribution >= 4 is 17.5 Å². The highest BCUT2D eigenvalue weighted by atomic mass is 35.5. The highest BCUT2D eigenvalue weighted by Gasteiger charge is 2.18. The van der Waals surface area contributed by atoms with Crippen molar-refractivity contribution in [2.45, 2.75) is 26.3 Å². The number of carbonyl (C=O) groups is 1. The number of rotatable bonds is 2. The molecule has 2 nitrogen and oxygen atoms in total. The van der Waals surface area contributed by atoms with E-state index >= 15 is 0 Å². The van der Waals surface area contributed by atoms with Crippen LogP contribution in [-0.2, 0) is 0 Å². The first-order valence-corrected chi connectivity index (χ1v) is 5.29.